The van der Waals surface area contributed by atoms with Gasteiger partial charge in [-0.2, -0.15) is 0 Å². The van der Waals surface area contributed by atoms with Gasteiger partial charge in [-0.05, 0) is 36.1 Å². The van der Waals surface area contributed by atoms with Gasteiger partial charge in [-0.15, -0.1) is 0 Å². The Hall–Kier alpha value is -2.40. The molecule has 0 N–H and O–H groups in total. The molecular formula is C22H21BrN2O2. The average molecular weight is 425 g/mol. The molecule has 1 heterocycles. The Morgan fingerprint density at radius 3 is 2.74 bits per heavy atom. The number of fused-ring (bicyclic) bond motifs is 1. The van der Waals surface area contributed by atoms with Crippen LogP contribution in [-0.2, 0) is 18.3 Å². The smallest absolute Gasteiger partial charge is 0.163 e. The second-order valence-corrected chi connectivity index (χ2v) is 7.32. The molecule has 0 spiro atoms. The van der Waals surface area contributed by atoms with Crippen molar-refractivity contribution in [1.82, 2.24) is 9.55 Å². The standard InChI is InChI=1S/C22H21BrN2O2/c23-13-19-17-7-4-8-20(26)18(17)9-10-21(19)27-22(14-25-12-11-24-15-25)16-5-2-1-3-6-16/h1-3,5-6,9-12,15,22H,4,7-8,13-14H2/t22-/m1/s1. The molecule has 27 heavy (non-hydrogen) atoms. The van der Waals surface area contributed by atoms with Gasteiger partial charge < -0.3 is 9.30 Å². The molecule has 1 aliphatic rings. The molecule has 5 heteroatoms. The van der Waals surface area contributed by atoms with Crippen LogP contribution in [0.2, 0.25) is 0 Å². The molecule has 0 aliphatic heterocycles. The molecule has 1 atom stereocenters. The molecule has 0 fully saturated rings. The minimum Gasteiger partial charge on any atom is -0.484 e. The molecule has 0 radical (unpaired) electrons. The van der Waals surface area contributed by atoms with Gasteiger partial charge in [0, 0.05) is 35.3 Å². The molecule has 0 amide bonds. The third-order valence-electron chi connectivity index (χ3n) is 5.03. The van der Waals surface area contributed by atoms with Crippen molar-refractivity contribution in [2.45, 2.75) is 37.2 Å². The topological polar surface area (TPSA) is 44.1 Å². The highest BCUT2D eigenvalue weighted by Gasteiger charge is 2.24. The van der Waals surface area contributed by atoms with E-state index in [1.807, 2.05) is 41.1 Å². The summed E-state index contributed by atoms with van der Waals surface area (Å²) in [6.07, 6.45) is 7.85. The van der Waals surface area contributed by atoms with E-state index in [9.17, 15) is 4.79 Å². The molecule has 0 unspecified atom stereocenters. The largest absolute Gasteiger partial charge is 0.484 e. The molecule has 0 bridgehead atoms. The third-order valence-corrected chi connectivity index (χ3v) is 5.59. The molecule has 1 aromatic heterocycles. The number of carbonyl (C=O) groups is 1. The Balaban J connectivity index is 1.69. The number of rotatable bonds is 6. The number of carbonyl (C=O) groups excluding carboxylic acids is 1. The molecule has 4 rings (SSSR count). The van der Waals surface area contributed by atoms with E-state index in [4.69, 9.17) is 4.74 Å². The Morgan fingerprint density at radius 1 is 1.15 bits per heavy atom. The average Bonchev–Trinajstić information content (AvgIpc) is 3.21. The number of halogens is 1. The molecule has 1 aliphatic carbocycles. The third kappa shape index (κ3) is 3.83. The van der Waals surface area contributed by atoms with E-state index < -0.39 is 0 Å². The Morgan fingerprint density at radius 2 is 2.00 bits per heavy atom. The molecule has 0 saturated heterocycles. The second-order valence-electron chi connectivity index (χ2n) is 6.76. The van der Waals surface area contributed by atoms with Gasteiger partial charge in [0.2, 0.25) is 0 Å². The Labute approximate surface area is 167 Å². The highest BCUT2D eigenvalue weighted by Crippen LogP contribution is 2.35. The van der Waals surface area contributed by atoms with Crippen molar-refractivity contribution in [3.8, 4) is 5.75 Å². The first kappa shape index (κ1) is 18.0. The summed E-state index contributed by atoms with van der Waals surface area (Å²) in [6.45, 7) is 0.668. The maximum atomic E-state index is 12.3. The number of imidazole rings is 1. The maximum Gasteiger partial charge on any atom is 0.163 e. The van der Waals surface area contributed by atoms with Crippen molar-refractivity contribution in [2.75, 3.05) is 0 Å². The van der Waals surface area contributed by atoms with Crippen LogP contribution < -0.4 is 4.74 Å². The fourth-order valence-electron chi connectivity index (χ4n) is 3.65. The quantitative estimate of drug-likeness (QED) is 0.515. The number of ketones is 1. The van der Waals surface area contributed by atoms with Crippen LogP contribution in [0.15, 0.2) is 61.2 Å². The van der Waals surface area contributed by atoms with Crippen LogP contribution in [-0.4, -0.2) is 15.3 Å². The predicted octanol–water partition coefficient (Wildman–Crippen LogP) is 5.12. The number of aromatic nitrogens is 2. The summed E-state index contributed by atoms with van der Waals surface area (Å²) in [5.74, 6) is 1.08. The van der Waals surface area contributed by atoms with Crippen LogP contribution in [0, 0.1) is 0 Å². The fraction of sp³-hybridized carbons (Fsp3) is 0.273. The second kappa shape index (κ2) is 8.09. The molecule has 4 nitrogen and oxygen atoms in total. The van der Waals surface area contributed by atoms with Crippen molar-refractivity contribution in [2.24, 2.45) is 0 Å². The first-order valence-electron chi connectivity index (χ1n) is 9.17. The predicted molar refractivity (Wildman–Crippen MR) is 108 cm³/mol. The first-order chi connectivity index (χ1) is 13.3. The lowest BCUT2D eigenvalue weighted by Gasteiger charge is -2.25. The molecule has 2 aromatic carbocycles. The van der Waals surface area contributed by atoms with Crippen molar-refractivity contribution in [3.63, 3.8) is 0 Å². The summed E-state index contributed by atoms with van der Waals surface area (Å²) >= 11 is 3.61. The summed E-state index contributed by atoms with van der Waals surface area (Å²) in [4.78, 5) is 16.4. The van der Waals surface area contributed by atoms with Gasteiger partial charge in [-0.3, -0.25) is 4.79 Å². The summed E-state index contributed by atoms with van der Waals surface area (Å²) in [7, 11) is 0. The molecule has 3 aromatic rings. The summed E-state index contributed by atoms with van der Waals surface area (Å²) in [6, 6.07) is 14.1. The van der Waals surface area contributed by atoms with Crippen molar-refractivity contribution in [3.05, 3.63) is 83.4 Å². The van der Waals surface area contributed by atoms with E-state index in [0.29, 0.717) is 18.3 Å². The van der Waals surface area contributed by atoms with Crippen LogP contribution >= 0.6 is 15.9 Å². The van der Waals surface area contributed by atoms with Crippen LogP contribution in [0.3, 0.4) is 0 Å². The van der Waals surface area contributed by atoms with Gasteiger partial charge in [-0.1, -0.05) is 46.3 Å². The first-order valence-corrected chi connectivity index (χ1v) is 10.3. The van der Waals surface area contributed by atoms with Crippen LogP contribution in [0.5, 0.6) is 5.75 Å². The van der Waals surface area contributed by atoms with Gasteiger partial charge in [0.05, 0.1) is 12.9 Å². The van der Waals surface area contributed by atoms with Gasteiger partial charge in [0.1, 0.15) is 11.9 Å². The maximum absolute atomic E-state index is 12.3. The summed E-state index contributed by atoms with van der Waals surface area (Å²) in [5.41, 5.74) is 4.19. The van der Waals surface area contributed by atoms with Gasteiger partial charge in [0.15, 0.2) is 5.78 Å². The van der Waals surface area contributed by atoms with E-state index in [1.54, 1.807) is 12.5 Å². The van der Waals surface area contributed by atoms with Crippen molar-refractivity contribution >= 4 is 21.7 Å². The minimum absolute atomic E-state index is 0.143. The zero-order valence-electron chi connectivity index (χ0n) is 15.0. The van der Waals surface area contributed by atoms with Gasteiger partial charge >= 0.3 is 0 Å². The van der Waals surface area contributed by atoms with Gasteiger partial charge in [-0.25, -0.2) is 4.98 Å². The fourth-order valence-corrected chi connectivity index (χ4v) is 4.27. The van der Waals surface area contributed by atoms with Gasteiger partial charge in [0.25, 0.3) is 0 Å². The molecular weight excluding hydrogens is 404 g/mol. The van der Waals surface area contributed by atoms with E-state index in [1.165, 1.54) is 0 Å². The normalized spacial score (nSPS) is 14.6. The number of Topliss-reactive ketones (excluding diaryl/α,β-unsaturated/α-hetero) is 1. The minimum atomic E-state index is -0.143. The molecule has 138 valence electrons. The highest BCUT2D eigenvalue weighted by molar-refractivity contribution is 9.08. The van der Waals surface area contributed by atoms with E-state index in [2.05, 4.69) is 33.0 Å². The Kier molecular flexibility index (Phi) is 5.39. The van der Waals surface area contributed by atoms with Crippen LogP contribution in [0.25, 0.3) is 0 Å². The highest BCUT2D eigenvalue weighted by atomic mass is 79.9. The number of hydrogen-bond donors (Lipinski definition) is 0. The SMILES string of the molecule is O=C1CCCc2c1ccc(O[C@H](Cn1ccnc1)c1ccccc1)c2CBr. The number of ether oxygens (including phenoxy) is 1. The Bertz CT molecular complexity index is 923. The van der Waals surface area contributed by atoms with E-state index in [-0.39, 0.29) is 11.9 Å². The summed E-state index contributed by atoms with van der Waals surface area (Å²) < 4.78 is 8.53. The van der Waals surface area contributed by atoms with Crippen molar-refractivity contribution in [1.29, 1.82) is 0 Å². The number of benzene rings is 2. The zero-order valence-corrected chi connectivity index (χ0v) is 16.6. The van der Waals surface area contributed by atoms with Crippen LogP contribution in [0.1, 0.15) is 46.0 Å². The summed E-state index contributed by atoms with van der Waals surface area (Å²) in [5, 5.41) is 0.672. The lowest BCUT2D eigenvalue weighted by atomic mass is 9.87. The van der Waals surface area contributed by atoms with E-state index >= 15 is 0 Å². The lowest BCUT2D eigenvalue weighted by molar-refractivity contribution is 0.0972. The number of hydrogen-bond acceptors (Lipinski definition) is 3. The zero-order chi connectivity index (χ0) is 18.6. The molecule has 0 saturated carbocycles. The lowest BCUT2D eigenvalue weighted by Crippen LogP contribution is -2.17. The van der Waals surface area contributed by atoms with Crippen molar-refractivity contribution < 1.29 is 9.53 Å². The number of alkyl halides is 1. The monoisotopic (exact) mass is 424 g/mol. The van der Waals surface area contributed by atoms with Crippen LogP contribution in [0.4, 0.5) is 0 Å². The van der Waals surface area contributed by atoms with E-state index in [0.717, 1.165) is 40.8 Å². The number of nitrogens with zero attached hydrogens (tertiary/aromatic N) is 2.